The van der Waals surface area contributed by atoms with Gasteiger partial charge in [-0.05, 0) is 12.1 Å². The molecule has 0 saturated carbocycles. The van der Waals surface area contributed by atoms with E-state index in [2.05, 4.69) is 0 Å². The first-order valence-corrected chi connectivity index (χ1v) is 4.87. The number of para-hydroxylation sites is 1. The maximum Gasteiger partial charge on any atom is 0.472 e. The van der Waals surface area contributed by atoms with Gasteiger partial charge in [0.25, 0.3) is 0 Å². The molecule has 0 aliphatic carbocycles. The number of halogens is 3. The van der Waals surface area contributed by atoms with E-state index in [9.17, 15) is 22.8 Å². The van der Waals surface area contributed by atoms with E-state index in [0.717, 1.165) is 0 Å². The Morgan fingerprint density at radius 2 is 1.71 bits per heavy atom. The summed E-state index contributed by atoms with van der Waals surface area (Å²) in [5, 5.41) is 0. The second kappa shape index (κ2) is 4.99. The molecule has 1 rings (SSSR count). The van der Waals surface area contributed by atoms with Crippen molar-refractivity contribution in [3.8, 4) is 0 Å². The maximum atomic E-state index is 12.3. The maximum absolute atomic E-state index is 12.3. The van der Waals surface area contributed by atoms with Crippen LogP contribution in [0.25, 0.3) is 0 Å². The smallest absolute Gasteiger partial charge is 0.274 e. The van der Waals surface area contributed by atoms with Crippen molar-refractivity contribution >= 4 is 17.5 Å². The van der Waals surface area contributed by atoms with Crippen LogP contribution in [-0.4, -0.2) is 18.0 Å². The van der Waals surface area contributed by atoms with Crippen molar-refractivity contribution in [3.05, 3.63) is 30.3 Å². The zero-order valence-electron chi connectivity index (χ0n) is 8.99. The van der Waals surface area contributed by atoms with Gasteiger partial charge in [0.15, 0.2) is 0 Å². The van der Waals surface area contributed by atoms with Crippen molar-refractivity contribution < 1.29 is 22.8 Å². The van der Waals surface area contributed by atoms with Crippen LogP contribution in [0.15, 0.2) is 30.3 Å². The van der Waals surface area contributed by atoms with Gasteiger partial charge in [-0.1, -0.05) is 25.1 Å². The van der Waals surface area contributed by atoms with Gasteiger partial charge >= 0.3 is 12.1 Å². The van der Waals surface area contributed by atoms with Crippen LogP contribution in [0.1, 0.15) is 13.3 Å². The van der Waals surface area contributed by atoms with Crippen LogP contribution in [-0.2, 0) is 9.59 Å². The fourth-order valence-corrected chi connectivity index (χ4v) is 1.24. The van der Waals surface area contributed by atoms with Crippen LogP contribution in [0.4, 0.5) is 18.9 Å². The summed E-state index contributed by atoms with van der Waals surface area (Å²) in [5.41, 5.74) is -0.0818. The molecule has 0 fully saturated rings. The number of hydrogen-bond acceptors (Lipinski definition) is 2. The predicted molar refractivity (Wildman–Crippen MR) is 55.3 cm³/mol. The Hall–Kier alpha value is -1.85. The number of benzene rings is 1. The van der Waals surface area contributed by atoms with E-state index in [4.69, 9.17) is 0 Å². The molecular formula is C11H10F3NO2. The first-order chi connectivity index (χ1) is 7.88. The van der Waals surface area contributed by atoms with Crippen LogP contribution in [0.3, 0.4) is 0 Å². The summed E-state index contributed by atoms with van der Waals surface area (Å²) in [6.07, 6.45) is -5.25. The van der Waals surface area contributed by atoms with Crippen LogP contribution >= 0.6 is 0 Å². The van der Waals surface area contributed by atoms with E-state index in [1.165, 1.54) is 31.2 Å². The monoisotopic (exact) mass is 245 g/mol. The highest BCUT2D eigenvalue weighted by Crippen LogP contribution is 2.24. The minimum atomic E-state index is -5.07. The van der Waals surface area contributed by atoms with Crippen LogP contribution in [0, 0.1) is 0 Å². The Bertz CT molecular complexity index is 414. The van der Waals surface area contributed by atoms with E-state index in [0.29, 0.717) is 0 Å². The average molecular weight is 245 g/mol. The molecule has 1 aromatic rings. The molecule has 92 valence electrons. The van der Waals surface area contributed by atoms with Crippen molar-refractivity contribution in [3.63, 3.8) is 0 Å². The summed E-state index contributed by atoms with van der Waals surface area (Å²) in [4.78, 5) is 22.7. The van der Waals surface area contributed by atoms with Crippen molar-refractivity contribution in [1.29, 1.82) is 0 Å². The number of alkyl halides is 3. The minimum Gasteiger partial charge on any atom is -0.274 e. The quantitative estimate of drug-likeness (QED) is 0.802. The third kappa shape index (κ3) is 3.05. The second-order valence-corrected chi connectivity index (χ2v) is 3.22. The molecular weight excluding hydrogens is 235 g/mol. The first kappa shape index (κ1) is 13.2. The number of amides is 2. The zero-order chi connectivity index (χ0) is 13.1. The van der Waals surface area contributed by atoms with Crippen molar-refractivity contribution in [2.75, 3.05) is 4.90 Å². The summed E-state index contributed by atoms with van der Waals surface area (Å²) < 4.78 is 37.0. The molecule has 0 bridgehead atoms. The lowest BCUT2D eigenvalue weighted by Gasteiger charge is -2.21. The summed E-state index contributed by atoms with van der Waals surface area (Å²) in [6.45, 7) is 1.39. The van der Waals surface area contributed by atoms with Crippen LogP contribution < -0.4 is 4.90 Å². The number of carbonyl (C=O) groups is 2. The van der Waals surface area contributed by atoms with Crippen molar-refractivity contribution in [1.82, 2.24) is 0 Å². The molecule has 0 heterocycles. The van der Waals surface area contributed by atoms with Gasteiger partial charge in [-0.2, -0.15) is 13.2 Å². The third-order valence-electron chi connectivity index (χ3n) is 2.01. The molecule has 2 amide bonds. The average Bonchev–Trinajstić information content (AvgIpc) is 2.29. The molecule has 0 spiro atoms. The Morgan fingerprint density at radius 1 is 1.18 bits per heavy atom. The van der Waals surface area contributed by atoms with Gasteiger partial charge in [0.2, 0.25) is 5.91 Å². The van der Waals surface area contributed by atoms with Gasteiger partial charge in [-0.15, -0.1) is 0 Å². The molecule has 0 aliphatic rings. The lowest BCUT2D eigenvalue weighted by molar-refractivity contribution is -0.171. The fraction of sp³-hybridized carbons (Fsp3) is 0.273. The van der Waals surface area contributed by atoms with E-state index in [-0.39, 0.29) is 17.0 Å². The number of carbonyl (C=O) groups excluding carboxylic acids is 2. The van der Waals surface area contributed by atoms with Gasteiger partial charge in [0.05, 0.1) is 5.69 Å². The topological polar surface area (TPSA) is 37.4 Å². The highest BCUT2D eigenvalue weighted by atomic mass is 19.4. The van der Waals surface area contributed by atoms with Gasteiger partial charge in [0, 0.05) is 6.42 Å². The van der Waals surface area contributed by atoms with Gasteiger partial charge < -0.3 is 0 Å². The number of anilines is 1. The largest absolute Gasteiger partial charge is 0.472 e. The lowest BCUT2D eigenvalue weighted by Crippen LogP contribution is -2.44. The molecule has 0 saturated heterocycles. The van der Waals surface area contributed by atoms with E-state index in [1.54, 1.807) is 6.07 Å². The fourth-order valence-electron chi connectivity index (χ4n) is 1.24. The third-order valence-corrected chi connectivity index (χ3v) is 2.01. The summed E-state index contributed by atoms with van der Waals surface area (Å²) in [6, 6.07) is 7.04. The van der Waals surface area contributed by atoms with Crippen LogP contribution in [0.5, 0.6) is 0 Å². The summed E-state index contributed by atoms with van der Waals surface area (Å²) in [7, 11) is 0. The molecule has 3 nitrogen and oxygen atoms in total. The lowest BCUT2D eigenvalue weighted by atomic mass is 10.2. The highest BCUT2D eigenvalue weighted by molar-refractivity contribution is 6.16. The normalized spacial score (nSPS) is 11.1. The number of nitrogens with zero attached hydrogens (tertiary/aromatic N) is 1. The summed E-state index contributed by atoms with van der Waals surface area (Å²) >= 11 is 0. The number of hydrogen-bond donors (Lipinski definition) is 0. The number of rotatable bonds is 2. The molecule has 17 heavy (non-hydrogen) atoms. The van der Waals surface area contributed by atoms with Crippen molar-refractivity contribution in [2.24, 2.45) is 0 Å². The molecule has 0 aromatic heterocycles. The molecule has 6 heteroatoms. The van der Waals surface area contributed by atoms with E-state index < -0.39 is 18.0 Å². The van der Waals surface area contributed by atoms with Crippen molar-refractivity contribution in [2.45, 2.75) is 19.5 Å². The van der Waals surface area contributed by atoms with E-state index >= 15 is 0 Å². The Balaban J connectivity index is 3.15. The molecule has 0 unspecified atom stereocenters. The zero-order valence-corrected chi connectivity index (χ0v) is 8.99. The summed E-state index contributed by atoms with van der Waals surface area (Å²) in [5.74, 6) is -3.06. The molecule has 0 radical (unpaired) electrons. The Labute approximate surface area is 95.8 Å². The standard InChI is InChI=1S/C11H10F3NO2/c1-2-9(16)15(10(17)11(12,13)14)8-6-4-3-5-7-8/h3-7H,2H2,1H3. The van der Waals surface area contributed by atoms with Gasteiger partial charge in [-0.3, -0.25) is 9.59 Å². The number of imide groups is 1. The minimum absolute atomic E-state index is 0.0818. The Kier molecular flexibility index (Phi) is 3.88. The molecule has 0 aliphatic heterocycles. The predicted octanol–water partition coefficient (Wildman–Crippen LogP) is 2.52. The van der Waals surface area contributed by atoms with Crippen LogP contribution in [0.2, 0.25) is 0 Å². The van der Waals surface area contributed by atoms with Gasteiger partial charge in [-0.25, -0.2) is 4.90 Å². The van der Waals surface area contributed by atoms with E-state index in [1.807, 2.05) is 0 Å². The SMILES string of the molecule is CCC(=O)N(C(=O)C(F)(F)F)c1ccccc1. The van der Waals surface area contributed by atoms with Gasteiger partial charge in [0.1, 0.15) is 0 Å². The molecule has 0 N–H and O–H groups in total. The Morgan fingerprint density at radius 3 is 2.12 bits per heavy atom. The molecule has 1 aromatic carbocycles. The second-order valence-electron chi connectivity index (χ2n) is 3.22. The first-order valence-electron chi connectivity index (χ1n) is 4.87. The molecule has 0 atom stereocenters. The highest BCUT2D eigenvalue weighted by Gasteiger charge is 2.45.